The Bertz CT molecular complexity index is 862. The molecule has 1 atom stereocenters. The molecule has 1 aromatic carbocycles. The third kappa shape index (κ3) is 6.57. The summed E-state index contributed by atoms with van der Waals surface area (Å²) in [5.41, 5.74) is 1.74. The summed E-state index contributed by atoms with van der Waals surface area (Å²) in [7, 11) is 1.26. The third-order valence-corrected chi connectivity index (χ3v) is 4.72. The quantitative estimate of drug-likeness (QED) is 0.565. The fraction of sp³-hybridized carbons (Fsp3) is 0.400. The smallest absolute Gasteiger partial charge is 0.325 e. The SMILES string of the molecule is COC(=O)CNC(=O)Cc1ccc(NC(=O)c2ccn(C3CCCNC3)n2)cc1.Cl. The Morgan fingerprint density at radius 3 is 2.67 bits per heavy atom. The van der Waals surface area contributed by atoms with Gasteiger partial charge in [-0.15, -0.1) is 12.4 Å². The van der Waals surface area contributed by atoms with E-state index in [1.54, 1.807) is 30.3 Å². The van der Waals surface area contributed by atoms with Crippen LogP contribution in [0.1, 0.15) is 34.9 Å². The van der Waals surface area contributed by atoms with Crippen molar-refractivity contribution in [2.24, 2.45) is 0 Å². The fourth-order valence-corrected chi connectivity index (χ4v) is 3.11. The van der Waals surface area contributed by atoms with Gasteiger partial charge in [0.05, 0.1) is 19.6 Å². The maximum Gasteiger partial charge on any atom is 0.325 e. The first-order valence-electron chi connectivity index (χ1n) is 9.55. The van der Waals surface area contributed by atoms with Crippen LogP contribution in [0.15, 0.2) is 36.5 Å². The molecule has 30 heavy (non-hydrogen) atoms. The second kappa shape index (κ2) is 11.3. The van der Waals surface area contributed by atoms with E-state index in [2.05, 4.69) is 25.8 Å². The number of nitrogens with zero attached hydrogens (tertiary/aromatic N) is 2. The number of rotatable bonds is 7. The minimum atomic E-state index is -0.501. The first-order valence-corrected chi connectivity index (χ1v) is 9.55. The predicted octanol–water partition coefficient (Wildman–Crippen LogP) is 1.31. The van der Waals surface area contributed by atoms with Crippen LogP contribution in [0.3, 0.4) is 0 Å². The average Bonchev–Trinajstić information content (AvgIpc) is 3.24. The molecule has 1 saturated heterocycles. The van der Waals surface area contributed by atoms with E-state index in [-0.39, 0.29) is 43.2 Å². The van der Waals surface area contributed by atoms with E-state index in [1.807, 2.05) is 10.9 Å². The lowest BCUT2D eigenvalue weighted by Gasteiger charge is -2.22. The predicted molar refractivity (Wildman–Crippen MR) is 114 cm³/mol. The minimum Gasteiger partial charge on any atom is -0.468 e. The Morgan fingerprint density at radius 1 is 1.23 bits per heavy atom. The number of aromatic nitrogens is 2. The average molecular weight is 436 g/mol. The van der Waals surface area contributed by atoms with Crippen molar-refractivity contribution in [3.63, 3.8) is 0 Å². The Balaban J connectivity index is 0.00000320. The molecule has 2 heterocycles. The van der Waals surface area contributed by atoms with Gasteiger partial charge in [-0.05, 0) is 43.1 Å². The van der Waals surface area contributed by atoms with E-state index >= 15 is 0 Å². The van der Waals surface area contributed by atoms with Crippen molar-refractivity contribution in [2.45, 2.75) is 25.3 Å². The highest BCUT2D eigenvalue weighted by Crippen LogP contribution is 2.16. The number of benzene rings is 1. The van der Waals surface area contributed by atoms with Crippen LogP contribution in [0, 0.1) is 0 Å². The molecule has 9 nitrogen and oxygen atoms in total. The van der Waals surface area contributed by atoms with Gasteiger partial charge in [-0.25, -0.2) is 0 Å². The summed E-state index contributed by atoms with van der Waals surface area (Å²) in [6.07, 6.45) is 4.11. The van der Waals surface area contributed by atoms with E-state index in [0.29, 0.717) is 11.4 Å². The van der Waals surface area contributed by atoms with Crippen molar-refractivity contribution in [3.8, 4) is 0 Å². The zero-order valence-electron chi connectivity index (χ0n) is 16.7. The summed E-state index contributed by atoms with van der Waals surface area (Å²) in [6.45, 7) is 1.72. The summed E-state index contributed by atoms with van der Waals surface area (Å²) < 4.78 is 6.32. The van der Waals surface area contributed by atoms with Crippen LogP contribution in [0.5, 0.6) is 0 Å². The third-order valence-electron chi connectivity index (χ3n) is 4.72. The van der Waals surface area contributed by atoms with Crippen molar-refractivity contribution in [1.29, 1.82) is 0 Å². The van der Waals surface area contributed by atoms with Gasteiger partial charge in [0.1, 0.15) is 6.54 Å². The largest absolute Gasteiger partial charge is 0.468 e. The van der Waals surface area contributed by atoms with Crippen LogP contribution in [-0.2, 0) is 20.7 Å². The lowest BCUT2D eigenvalue weighted by molar-refractivity contribution is -0.141. The lowest BCUT2D eigenvalue weighted by atomic mass is 10.1. The highest BCUT2D eigenvalue weighted by atomic mass is 35.5. The van der Waals surface area contributed by atoms with Crippen LogP contribution in [0.25, 0.3) is 0 Å². The number of piperidine rings is 1. The fourth-order valence-electron chi connectivity index (χ4n) is 3.11. The summed E-state index contributed by atoms with van der Waals surface area (Å²) in [5, 5.41) is 13.0. The van der Waals surface area contributed by atoms with Gasteiger partial charge >= 0.3 is 5.97 Å². The van der Waals surface area contributed by atoms with Crippen LogP contribution in [-0.4, -0.2) is 54.3 Å². The molecule has 0 saturated carbocycles. The van der Waals surface area contributed by atoms with Crippen LogP contribution < -0.4 is 16.0 Å². The van der Waals surface area contributed by atoms with E-state index in [1.165, 1.54) is 7.11 Å². The molecule has 1 aliphatic heterocycles. The molecule has 162 valence electrons. The van der Waals surface area contributed by atoms with Gasteiger partial charge in [0.25, 0.3) is 5.91 Å². The molecule has 3 N–H and O–H groups in total. The molecule has 0 spiro atoms. The van der Waals surface area contributed by atoms with Gasteiger partial charge in [-0.2, -0.15) is 5.10 Å². The number of methoxy groups -OCH3 is 1. The van der Waals surface area contributed by atoms with E-state index < -0.39 is 5.97 Å². The second-order valence-electron chi connectivity index (χ2n) is 6.86. The molecule has 3 rings (SSSR count). The van der Waals surface area contributed by atoms with Gasteiger partial charge in [0.15, 0.2) is 5.69 Å². The van der Waals surface area contributed by atoms with E-state index in [0.717, 1.165) is 31.5 Å². The molecule has 1 unspecified atom stereocenters. The Hall–Kier alpha value is -2.91. The minimum absolute atomic E-state index is 0. The van der Waals surface area contributed by atoms with Crippen molar-refractivity contribution in [3.05, 3.63) is 47.8 Å². The molecule has 0 aliphatic carbocycles. The summed E-state index contributed by atoms with van der Waals surface area (Å²) in [5.74, 6) is -1.07. The van der Waals surface area contributed by atoms with Crippen LogP contribution >= 0.6 is 12.4 Å². The molecular weight excluding hydrogens is 410 g/mol. The zero-order valence-corrected chi connectivity index (χ0v) is 17.5. The van der Waals surface area contributed by atoms with E-state index in [4.69, 9.17) is 0 Å². The summed E-state index contributed by atoms with van der Waals surface area (Å²) in [6, 6.07) is 8.93. The highest BCUT2D eigenvalue weighted by Gasteiger charge is 2.17. The van der Waals surface area contributed by atoms with Gasteiger partial charge in [0.2, 0.25) is 5.91 Å². The van der Waals surface area contributed by atoms with Crippen LogP contribution in [0.4, 0.5) is 5.69 Å². The molecule has 1 aliphatic rings. The first-order chi connectivity index (χ1) is 14.0. The zero-order chi connectivity index (χ0) is 20.6. The van der Waals surface area contributed by atoms with E-state index in [9.17, 15) is 14.4 Å². The van der Waals surface area contributed by atoms with Crippen molar-refractivity contribution >= 4 is 35.9 Å². The number of anilines is 1. The van der Waals surface area contributed by atoms with Crippen molar-refractivity contribution < 1.29 is 19.1 Å². The number of ether oxygens (including phenoxy) is 1. The molecule has 1 fully saturated rings. The monoisotopic (exact) mass is 435 g/mol. The van der Waals surface area contributed by atoms with Gasteiger partial charge in [-0.3, -0.25) is 19.1 Å². The summed E-state index contributed by atoms with van der Waals surface area (Å²) >= 11 is 0. The van der Waals surface area contributed by atoms with Gasteiger partial charge < -0.3 is 20.7 Å². The maximum atomic E-state index is 12.4. The Kier molecular flexibility index (Phi) is 8.82. The molecule has 1 aromatic heterocycles. The maximum absolute atomic E-state index is 12.4. The topological polar surface area (TPSA) is 114 Å². The number of halogens is 1. The number of carbonyl (C=O) groups excluding carboxylic acids is 3. The number of esters is 1. The van der Waals surface area contributed by atoms with Gasteiger partial charge in [0, 0.05) is 18.4 Å². The lowest BCUT2D eigenvalue weighted by Crippen LogP contribution is -2.32. The molecule has 10 heteroatoms. The number of nitrogens with one attached hydrogen (secondary N) is 3. The molecule has 2 amide bonds. The number of carbonyl (C=O) groups is 3. The highest BCUT2D eigenvalue weighted by molar-refractivity contribution is 6.02. The van der Waals surface area contributed by atoms with Gasteiger partial charge in [-0.1, -0.05) is 12.1 Å². The molecule has 0 radical (unpaired) electrons. The van der Waals surface area contributed by atoms with Crippen molar-refractivity contribution in [2.75, 3.05) is 32.1 Å². The molecule has 0 bridgehead atoms. The summed E-state index contributed by atoms with van der Waals surface area (Å²) in [4.78, 5) is 35.3. The Morgan fingerprint density at radius 2 is 2.00 bits per heavy atom. The molecular formula is C20H26ClN5O4. The number of hydrogen-bond acceptors (Lipinski definition) is 6. The number of amides is 2. The van der Waals surface area contributed by atoms with Crippen molar-refractivity contribution in [1.82, 2.24) is 20.4 Å². The molecule has 2 aromatic rings. The standard InChI is InChI=1S/C20H25N5O4.ClH/c1-29-19(27)13-22-18(26)11-14-4-6-15(7-5-14)23-20(28)17-8-10-25(24-17)16-3-2-9-21-12-16;/h4-8,10,16,21H,2-3,9,11-13H2,1H3,(H,22,26)(H,23,28);1H. The normalized spacial score (nSPS) is 15.6. The Labute approximate surface area is 181 Å². The second-order valence-corrected chi connectivity index (χ2v) is 6.86. The first kappa shape index (κ1) is 23.4. The van der Waals surface area contributed by atoms with Crippen LogP contribution in [0.2, 0.25) is 0 Å². The number of hydrogen-bond donors (Lipinski definition) is 3.